The van der Waals surface area contributed by atoms with Crippen LogP contribution in [-0.2, 0) is 9.59 Å². The fraction of sp³-hybridized carbons (Fsp3) is 0.867. The van der Waals surface area contributed by atoms with Gasteiger partial charge in [0.1, 0.15) is 5.54 Å². The van der Waals surface area contributed by atoms with Gasteiger partial charge in [0, 0.05) is 19.4 Å². The van der Waals surface area contributed by atoms with E-state index in [-0.39, 0.29) is 30.5 Å². The third-order valence-corrected chi connectivity index (χ3v) is 5.05. The highest BCUT2D eigenvalue weighted by Gasteiger charge is 2.49. The summed E-state index contributed by atoms with van der Waals surface area (Å²) in [6.07, 6.45) is 4.51. The standard InChI is InChI=1S/C15H27N3O4S/c1-3-4-5-6-7-11(19)16-13(14(20)21)15(17-22)8-9-18(2)12(23)10-15/h12-13,23H,3-10H2,1-2H3,(H,16,19)(H,20,21). The van der Waals surface area contributed by atoms with Crippen LogP contribution in [0.1, 0.15) is 51.9 Å². The maximum atomic E-state index is 12.0. The first kappa shape index (κ1) is 19.9. The zero-order valence-corrected chi connectivity index (χ0v) is 14.7. The van der Waals surface area contributed by atoms with Gasteiger partial charge < -0.3 is 10.4 Å². The molecule has 1 aliphatic rings. The molecule has 0 spiro atoms. The molecular formula is C15H27N3O4S. The Balaban J connectivity index is 2.74. The van der Waals surface area contributed by atoms with Gasteiger partial charge in [0.2, 0.25) is 5.91 Å². The van der Waals surface area contributed by atoms with Crippen molar-refractivity contribution in [2.45, 2.75) is 68.8 Å². The molecule has 3 atom stereocenters. The van der Waals surface area contributed by atoms with Gasteiger partial charge in [0.15, 0.2) is 6.04 Å². The summed E-state index contributed by atoms with van der Waals surface area (Å²) in [5, 5.41) is 14.9. The van der Waals surface area contributed by atoms with Crippen LogP contribution < -0.4 is 5.32 Å². The Morgan fingerprint density at radius 3 is 2.65 bits per heavy atom. The van der Waals surface area contributed by atoms with Crippen molar-refractivity contribution < 1.29 is 14.7 Å². The molecule has 132 valence electrons. The molecule has 8 heteroatoms. The van der Waals surface area contributed by atoms with Crippen LogP contribution in [0.25, 0.3) is 0 Å². The molecule has 1 rings (SSSR count). The van der Waals surface area contributed by atoms with E-state index in [0.29, 0.717) is 13.0 Å². The van der Waals surface area contributed by atoms with Gasteiger partial charge in [0.25, 0.3) is 0 Å². The monoisotopic (exact) mass is 345 g/mol. The predicted octanol–water partition coefficient (Wildman–Crippen LogP) is 2.01. The first-order valence-corrected chi connectivity index (χ1v) is 8.63. The third-order valence-electron chi connectivity index (χ3n) is 4.47. The maximum Gasteiger partial charge on any atom is 0.328 e. The summed E-state index contributed by atoms with van der Waals surface area (Å²) in [6, 6.07) is -1.30. The van der Waals surface area contributed by atoms with Gasteiger partial charge in [-0.2, -0.15) is 17.5 Å². The number of nitroso groups, excluding NO2 is 1. The van der Waals surface area contributed by atoms with Crippen LogP contribution in [0.4, 0.5) is 0 Å². The maximum absolute atomic E-state index is 12.0. The Bertz CT molecular complexity index is 435. The van der Waals surface area contributed by atoms with E-state index in [1.165, 1.54) is 0 Å². The number of rotatable bonds is 9. The van der Waals surface area contributed by atoms with Gasteiger partial charge in [0.05, 0.1) is 5.37 Å². The van der Waals surface area contributed by atoms with Crippen LogP contribution in [-0.4, -0.2) is 52.4 Å². The molecule has 1 heterocycles. The number of amides is 1. The molecule has 0 aromatic rings. The van der Waals surface area contributed by atoms with Crippen LogP contribution in [0.15, 0.2) is 5.18 Å². The second-order valence-corrected chi connectivity index (χ2v) is 6.86. The number of carboxylic acids is 1. The molecule has 0 aromatic heterocycles. The van der Waals surface area contributed by atoms with Crippen LogP contribution in [0.5, 0.6) is 0 Å². The lowest BCUT2D eigenvalue weighted by Crippen LogP contribution is -2.60. The fourth-order valence-corrected chi connectivity index (χ4v) is 3.29. The van der Waals surface area contributed by atoms with Crippen LogP contribution >= 0.6 is 12.6 Å². The average Bonchev–Trinajstić information content (AvgIpc) is 2.52. The third kappa shape index (κ3) is 5.46. The van der Waals surface area contributed by atoms with Gasteiger partial charge in [-0.05, 0) is 19.9 Å². The number of thiol groups is 1. The Hall–Kier alpha value is -1.15. The minimum Gasteiger partial charge on any atom is -0.480 e. The topological polar surface area (TPSA) is 99.1 Å². The van der Waals surface area contributed by atoms with E-state index in [0.717, 1.165) is 19.3 Å². The van der Waals surface area contributed by atoms with Crippen molar-refractivity contribution in [1.82, 2.24) is 10.2 Å². The zero-order chi connectivity index (χ0) is 17.5. The molecule has 2 N–H and O–H groups in total. The summed E-state index contributed by atoms with van der Waals surface area (Å²) >= 11 is 4.38. The Morgan fingerprint density at radius 2 is 2.13 bits per heavy atom. The minimum absolute atomic E-state index is 0.198. The second-order valence-electron chi connectivity index (χ2n) is 6.26. The molecule has 0 saturated carbocycles. The predicted molar refractivity (Wildman–Crippen MR) is 91.5 cm³/mol. The van der Waals surface area contributed by atoms with Crippen LogP contribution in [0.2, 0.25) is 0 Å². The summed E-state index contributed by atoms with van der Waals surface area (Å²) in [6.45, 7) is 2.59. The Labute approximate surface area is 142 Å². The first-order valence-electron chi connectivity index (χ1n) is 8.11. The number of carboxylic acid groups (broad SMARTS) is 1. The Kier molecular flexibility index (Phi) is 7.98. The van der Waals surface area contributed by atoms with Crippen molar-refractivity contribution in [2.75, 3.05) is 13.6 Å². The van der Waals surface area contributed by atoms with Crippen molar-refractivity contribution in [3.63, 3.8) is 0 Å². The summed E-state index contributed by atoms with van der Waals surface area (Å²) in [5.74, 6) is -1.57. The molecule has 3 unspecified atom stereocenters. The van der Waals surface area contributed by atoms with E-state index in [1.807, 2.05) is 11.9 Å². The molecule has 1 amide bonds. The highest BCUT2D eigenvalue weighted by atomic mass is 32.1. The molecule has 23 heavy (non-hydrogen) atoms. The second kappa shape index (κ2) is 9.22. The summed E-state index contributed by atoms with van der Waals surface area (Å²) in [7, 11) is 1.86. The molecule has 0 aromatic carbocycles. The van der Waals surface area contributed by atoms with Crippen molar-refractivity contribution in [3.8, 4) is 0 Å². The molecule has 0 radical (unpaired) electrons. The van der Waals surface area contributed by atoms with Crippen molar-refractivity contribution >= 4 is 24.5 Å². The molecule has 1 aliphatic heterocycles. The number of nitrogens with one attached hydrogen (secondary N) is 1. The first-order chi connectivity index (χ1) is 10.9. The lowest BCUT2D eigenvalue weighted by Gasteiger charge is -2.42. The quantitative estimate of drug-likeness (QED) is 0.337. The summed E-state index contributed by atoms with van der Waals surface area (Å²) < 4.78 is 0. The normalized spacial score (nSPS) is 26.5. The van der Waals surface area contributed by atoms with Gasteiger partial charge in [-0.15, -0.1) is 0 Å². The molecule has 1 fully saturated rings. The fourth-order valence-electron chi connectivity index (χ4n) is 2.86. The zero-order valence-electron chi connectivity index (χ0n) is 13.8. The van der Waals surface area contributed by atoms with E-state index in [1.54, 1.807) is 0 Å². The van der Waals surface area contributed by atoms with Gasteiger partial charge in [-0.25, -0.2) is 4.79 Å². The number of piperidine rings is 1. The smallest absolute Gasteiger partial charge is 0.328 e. The lowest BCUT2D eigenvalue weighted by atomic mass is 9.81. The van der Waals surface area contributed by atoms with Crippen molar-refractivity contribution in [1.29, 1.82) is 0 Å². The molecule has 0 bridgehead atoms. The average molecular weight is 345 g/mol. The van der Waals surface area contributed by atoms with Crippen LogP contribution in [0, 0.1) is 4.91 Å². The Morgan fingerprint density at radius 1 is 1.43 bits per heavy atom. The van der Waals surface area contributed by atoms with Gasteiger partial charge in [-0.3, -0.25) is 9.69 Å². The van der Waals surface area contributed by atoms with E-state index in [4.69, 9.17) is 0 Å². The summed E-state index contributed by atoms with van der Waals surface area (Å²) in [5.41, 5.74) is -1.34. The SMILES string of the molecule is CCCCCCC(=O)NC(C(=O)O)C1(N=O)CCN(C)C(S)C1. The van der Waals surface area contributed by atoms with E-state index in [2.05, 4.69) is 30.0 Å². The van der Waals surface area contributed by atoms with Crippen molar-refractivity contribution in [2.24, 2.45) is 5.18 Å². The highest BCUT2D eigenvalue weighted by Crippen LogP contribution is 2.34. The van der Waals surface area contributed by atoms with Crippen molar-refractivity contribution in [3.05, 3.63) is 4.91 Å². The van der Waals surface area contributed by atoms with E-state index in [9.17, 15) is 19.6 Å². The molecule has 1 saturated heterocycles. The van der Waals surface area contributed by atoms with Crippen LogP contribution in [0.3, 0.4) is 0 Å². The van der Waals surface area contributed by atoms with Gasteiger partial charge >= 0.3 is 5.97 Å². The lowest BCUT2D eigenvalue weighted by molar-refractivity contribution is -0.144. The number of hydrogen-bond donors (Lipinski definition) is 3. The minimum atomic E-state index is -1.34. The van der Waals surface area contributed by atoms with E-state index < -0.39 is 17.6 Å². The van der Waals surface area contributed by atoms with E-state index >= 15 is 0 Å². The molecule has 0 aliphatic carbocycles. The number of aliphatic carboxylic acids is 1. The largest absolute Gasteiger partial charge is 0.480 e. The molecule has 7 nitrogen and oxygen atoms in total. The summed E-state index contributed by atoms with van der Waals surface area (Å²) in [4.78, 5) is 37.0. The number of nitrogens with zero attached hydrogens (tertiary/aromatic N) is 2. The highest BCUT2D eigenvalue weighted by molar-refractivity contribution is 7.80. The van der Waals surface area contributed by atoms with Gasteiger partial charge in [-0.1, -0.05) is 31.4 Å². The number of unbranched alkanes of at least 4 members (excludes halogenated alkanes) is 3. The number of hydrogen-bond acceptors (Lipinski definition) is 6. The molecular weight excluding hydrogens is 318 g/mol. The number of likely N-dealkylation sites (tertiary alicyclic amines) is 1. The number of carbonyl (C=O) groups excluding carboxylic acids is 1. The number of carbonyl (C=O) groups is 2.